The Morgan fingerprint density at radius 2 is 1.43 bits per heavy atom. The number of sulfonamides is 1. The van der Waals surface area contributed by atoms with Crippen molar-refractivity contribution in [2.45, 2.75) is 76.8 Å². The summed E-state index contributed by atoms with van der Waals surface area (Å²) in [5.41, 5.74) is 8.59. The van der Waals surface area contributed by atoms with Gasteiger partial charge in [-0.05, 0) is 109 Å². The van der Waals surface area contributed by atoms with Crippen molar-refractivity contribution in [2.24, 2.45) is 0 Å². The fourth-order valence-electron chi connectivity index (χ4n) is 7.48. The van der Waals surface area contributed by atoms with E-state index in [0.717, 1.165) is 54.0 Å². The third-order valence-electron chi connectivity index (χ3n) is 9.98. The highest BCUT2D eigenvalue weighted by atomic mass is 35.5. The van der Waals surface area contributed by atoms with Gasteiger partial charge in [-0.1, -0.05) is 42.5 Å². The molecule has 2 atom stereocenters. The molecule has 0 bridgehead atoms. The zero-order chi connectivity index (χ0) is 38.8. The molecule has 1 amide bonds. The molecule has 300 valence electrons. The first-order valence-electron chi connectivity index (χ1n) is 18.1. The van der Waals surface area contributed by atoms with Gasteiger partial charge >= 0.3 is 0 Å². The molecule has 0 aromatic heterocycles. The van der Waals surface area contributed by atoms with E-state index in [1.165, 1.54) is 41.5 Å². The summed E-state index contributed by atoms with van der Waals surface area (Å²) in [5.74, 6) is 3.12. The molecule has 6 rings (SSSR count). The summed E-state index contributed by atoms with van der Waals surface area (Å²) in [7, 11) is 0.415. The van der Waals surface area contributed by atoms with E-state index in [2.05, 4.69) is 34.4 Å². The van der Waals surface area contributed by atoms with Gasteiger partial charge in [0.05, 0.1) is 32.6 Å². The van der Waals surface area contributed by atoms with E-state index in [-0.39, 0.29) is 24.1 Å². The van der Waals surface area contributed by atoms with Crippen LogP contribution in [0.2, 0.25) is 0 Å². The first-order valence-corrected chi connectivity index (χ1v) is 21.6. The van der Waals surface area contributed by atoms with Crippen molar-refractivity contribution in [1.82, 2.24) is 20.1 Å². The minimum Gasteiger partial charge on any atom is -0.496 e. The molecule has 0 saturated heterocycles. The molecule has 1 aliphatic heterocycles. The van der Waals surface area contributed by atoms with Crippen molar-refractivity contribution in [3.05, 3.63) is 93.5 Å². The quantitative estimate of drug-likeness (QED) is 0.219. The predicted octanol–water partition coefficient (Wildman–Crippen LogP) is 5.25. The molecule has 1 heterocycles. The number of nitrogens with zero attached hydrogens (tertiary/aromatic N) is 2. The monoisotopic (exact) mass is 808 g/mol. The van der Waals surface area contributed by atoms with Gasteiger partial charge in [-0.2, -0.15) is 8.42 Å². The van der Waals surface area contributed by atoms with Crippen LogP contribution >= 0.6 is 12.4 Å². The second-order valence-electron chi connectivity index (χ2n) is 13.9. The topological polar surface area (TPSA) is 155 Å². The molecule has 15 heteroatoms. The third-order valence-corrected chi connectivity index (χ3v) is 11.3. The van der Waals surface area contributed by atoms with Gasteiger partial charge < -0.3 is 19.7 Å². The van der Waals surface area contributed by atoms with E-state index in [1.807, 2.05) is 49.3 Å². The summed E-state index contributed by atoms with van der Waals surface area (Å²) in [4.78, 5) is 17.5. The Kier molecular flexibility index (Phi) is 17.2. The van der Waals surface area contributed by atoms with Gasteiger partial charge in [-0.15, -0.1) is 17.2 Å². The number of rotatable bonds is 11. The van der Waals surface area contributed by atoms with Crippen LogP contribution in [0.3, 0.4) is 0 Å². The van der Waals surface area contributed by atoms with E-state index in [1.54, 1.807) is 26.2 Å². The minimum atomic E-state index is -3.67. The molecule has 2 aliphatic carbocycles. The highest BCUT2D eigenvalue weighted by Crippen LogP contribution is 2.38. The van der Waals surface area contributed by atoms with Crippen molar-refractivity contribution < 1.29 is 35.7 Å². The van der Waals surface area contributed by atoms with Gasteiger partial charge in [0, 0.05) is 39.1 Å². The number of ether oxygens (including phenoxy) is 2. The van der Waals surface area contributed by atoms with E-state index in [0.29, 0.717) is 44.1 Å². The van der Waals surface area contributed by atoms with Gasteiger partial charge in [-0.25, -0.2) is 13.4 Å². The Morgan fingerprint density at radius 3 is 1.96 bits per heavy atom. The number of hydrazine groups is 1. The number of fused-ring (bicyclic) bond motifs is 3. The van der Waals surface area contributed by atoms with Crippen LogP contribution in [0.4, 0.5) is 0 Å². The minimum absolute atomic E-state index is 0. The summed E-state index contributed by atoms with van der Waals surface area (Å²) < 4.78 is 60.6. The Bertz CT molecular complexity index is 1920. The SMILES string of the molecule is CCS(=O)(=O)NN1Cc2ccc(CC(=O)N(C)CC3CCCc4c(OC)cccc43)cc2C1.CNCC1CCCc2c(OC)cccc21.CS(=O)(=O)O.Cl. The third kappa shape index (κ3) is 12.9. The van der Waals surface area contributed by atoms with Gasteiger partial charge in [0.15, 0.2) is 0 Å². The smallest absolute Gasteiger partial charge is 0.261 e. The number of carbonyl (C=O) groups excluding carboxylic acids is 1. The normalized spacial score (nSPS) is 17.5. The molecule has 0 spiro atoms. The zero-order valence-corrected chi connectivity index (χ0v) is 34.7. The summed E-state index contributed by atoms with van der Waals surface area (Å²) in [6.07, 6.45) is 7.98. The average molecular weight is 809 g/mol. The fourth-order valence-corrected chi connectivity index (χ4v) is 8.13. The van der Waals surface area contributed by atoms with Crippen LogP contribution in [0.1, 0.15) is 83.4 Å². The lowest BCUT2D eigenvalue weighted by Gasteiger charge is -2.30. The lowest BCUT2D eigenvalue weighted by molar-refractivity contribution is -0.129. The first-order chi connectivity index (χ1) is 25.2. The van der Waals surface area contributed by atoms with Crippen LogP contribution in [0.5, 0.6) is 11.5 Å². The number of hydrogen-bond donors (Lipinski definition) is 3. The highest BCUT2D eigenvalue weighted by molar-refractivity contribution is 7.89. The number of benzene rings is 3. The van der Waals surface area contributed by atoms with Crippen LogP contribution in [0.25, 0.3) is 0 Å². The van der Waals surface area contributed by atoms with Crippen molar-refractivity contribution in [2.75, 3.05) is 53.4 Å². The molecule has 0 fully saturated rings. The molecule has 12 nitrogen and oxygen atoms in total. The molecular weight excluding hydrogens is 752 g/mol. The van der Waals surface area contributed by atoms with Crippen LogP contribution < -0.4 is 19.6 Å². The molecule has 54 heavy (non-hydrogen) atoms. The largest absolute Gasteiger partial charge is 0.496 e. The number of amides is 1. The van der Waals surface area contributed by atoms with Crippen molar-refractivity contribution in [3.8, 4) is 11.5 Å². The van der Waals surface area contributed by atoms with Gasteiger partial charge in [0.1, 0.15) is 11.5 Å². The van der Waals surface area contributed by atoms with E-state index >= 15 is 0 Å². The molecule has 3 aromatic carbocycles. The predicted molar refractivity (Wildman–Crippen MR) is 216 cm³/mol. The highest BCUT2D eigenvalue weighted by Gasteiger charge is 2.27. The molecule has 0 radical (unpaired) electrons. The molecule has 2 unspecified atom stereocenters. The maximum Gasteiger partial charge on any atom is 0.261 e. The summed E-state index contributed by atoms with van der Waals surface area (Å²) in [6, 6.07) is 18.6. The molecule has 3 aromatic rings. The van der Waals surface area contributed by atoms with Crippen molar-refractivity contribution in [1.29, 1.82) is 0 Å². The number of carbonyl (C=O) groups is 1. The lowest BCUT2D eigenvalue weighted by Crippen LogP contribution is -2.39. The van der Waals surface area contributed by atoms with Crippen LogP contribution in [-0.4, -0.2) is 90.6 Å². The van der Waals surface area contributed by atoms with Crippen molar-refractivity contribution >= 4 is 38.5 Å². The van der Waals surface area contributed by atoms with Crippen LogP contribution in [0.15, 0.2) is 54.6 Å². The summed E-state index contributed by atoms with van der Waals surface area (Å²) in [6.45, 7) is 4.42. The number of likely N-dealkylation sites (N-methyl/N-ethyl adjacent to an activating group) is 2. The summed E-state index contributed by atoms with van der Waals surface area (Å²) in [5, 5.41) is 4.98. The Labute approximate surface area is 328 Å². The van der Waals surface area contributed by atoms with E-state index in [4.69, 9.17) is 14.0 Å². The maximum absolute atomic E-state index is 13.0. The molecule has 3 aliphatic rings. The Hall–Kier alpha value is -3.24. The fraction of sp³-hybridized carbons (Fsp3) is 0.513. The number of methoxy groups -OCH3 is 2. The van der Waals surface area contributed by atoms with Gasteiger partial charge in [-0.3, -0.25) is 9.35 Å². The van der Waals surface area contributed by atoms with E-state index < -0.39 is 20.1 Å². The second kappa shape index (κ2) is 20.6. The zero-order valence-electron chi connectivity index (χ0n) is 32.3. The van der Waals surface area contributed by atoms with Gasteiger partial charge in [0.25, 0.3) is 10.1 Å². The lowest BCUT2D eigenvalue weighted by atomic mass is 9.82. The van der Waals surface area contributed by atoms with Gasteiger partial charge in [0.2, 0.25) is 15.9 Å². The second-order valence-corrected chi connectivity index (χ2v) is 17.4. The molecule has 0 saturated carbocycles. The molecule has 3 N–H and O–H groups in total. The Morgan fingerprint density at radius 1 is 0.889 bits per heavy atom. The number of halogens is 1. The van der Waals surface area contributed by atoms with Crippen LogP contribution in [-0.2, 0) is 57.3 Å². The number of nitrogens with one attached hydrogen (secondary N) is 2. The van der Waals surface area contributed by atoms with E-state index in [9.17, 15) is 21.6 Å². The van der Waals surface area contributed by atoms with Crippen molar-refractivity contribution in [3.63, 3.8) is 0 Å². The van der Waals surface area contributed by atoms with Crippen LogP contribution in [0, 0.1) is 0 Å². The first kappa shape index (κ1) is 45.2. The maximum atomic E-state index is 13.0. The standard InChI is InChI=1S/C25H33N3O4S.C13H19NO.CH4O3S.ClH/c1-4-33(30,31)26-28-16-19-12-11-18(13-21(19)17-28)14-25(29)27(2)15-20-7-5-9-23-22(20)8-6-10-24(23)32-3;1-14-9-10-5-3-7-12-11(10)6-4-8-13(12)15-2;1-5(2,3)4;/h6,8,10-13,20,26H,4-5,7,9,14-17H2,1-3H3;4,6,8,10,14H,3,5,7,9H2,1-2H3;1H3,(H,2,3,4);1H. The molecular formula is C39H57ClN4O8S2. The average Bonchev–Trinajstić information content (AvgIpc) is 3.52. The number of hydrogen-bond acceptors (Lipinski definition) is 9. The Balaban J connectivity index is 0.000000309. The summed E-state index contributed by atoms with van der Waals surface area (Å²) >= 11 is 0.